The minimum atomic E-state index is -3.66. The molecule has 128 valence electrons. The third kappa shape index (κ3) is 4.41. The third-order valence-electron chi connectivity index (χ3n) is 4.05. The van der Waals surface area contributed by atoms with Gasteiger partial charge in [-0.25, -0.2) is 22.5 Å². The predicted molar refractivity (Wildman–Crippen MR) is 85.2 cm³/mol. The standard InChI is InChI=1S/C15H22FN3O3S/c16-10-13-9-14(18-19-5-7-22-8-6-19)3-4-15(13)23(20,21)17-11-12-1-2-12/h3-4,9,12,17-18H,1-2,5-8,10-11H2. The molecule has 1 aromatic carbocycles. The van der Waals surface area contributed by atoms with Crippen molar-refractivity contribution in [1.82, 2.24) is 9.73 Å². The summed E-state index contributed by atoms with van der Waals surface area (Å²) in [5.41, 5.74) is 4.02. The Balaban J connectivity index is 1.72. The van der Waals surface area contributed by atoms with Crippen LogP contribution < -0.4 is 10.1 Å². The molecule has 1 heterocycles. The zero-order valence-corrected chi connectivity index (χ0v) is 13.7. The number of sulfonamides is 1. The summed E-state index contributed by atoms with van der Waals surface area (Å²) in [6.07, 6.45) is 2.11. The molecule has 0 unspecified atom stereocenters. The zero-order chi connectivity index (χ0) is 16.3. The Kier molecular flexibility index (Phi) is 5.15. The van der Waals surface area contributed by atoms with Crippen molar-refractivity contribution in [3.63, 3.8) is 0 Å². The highest BCUT2D eigenvalue weighted by Gasteiger charge is 2.25. The Morgan fingerprint density at radius 1 is 1.26 bits per heavy atom. The maximum Gasteiger partial charge on any atom is 0.240 e. The van der Waals surface area contributed by atoms with E-state index in [-0.39, 0.29) is 10.5 Å². The van der Waals surface area contributed by atoms with E-state index in [9.17, 15) is 12.8 Å². The predicted octanol–water partition coefficient (Wildman–Crippen LogP) is 1.50. The van der Waals surface area contributed by atoms with Crippen LogP contribution in [0.25, 0.3) is 0 Å². The van der Waals surface area contributed by atoms with Crippen molar-refractivity contribution in [3.8, 4) is 0 Å². The van der Waals surface area contributed by atoms with E-state index >= 15 is 0 Å². The normalized spacial score (nSPS) is 19.7. The quantitative estimate of drug-likeness (QED) is 0.785. The smallest absolute Gasteiger partial charge is 0.240 e. The van der Waals surface area contributed by atoms with Crippen molar-refractivity contribution in [1.29, 1.82) is 0 Å². The van der Waals surface area contributed by atoms with E-state index in [4.69, 9.17) is 4.74 Å². The second kappa shape index (κ2) is 7.12. The third-order valence-corrected chi connectivity index (χ3v) is 5.58. The van der Waals surface area contributed by atoms with Gasteiger partial charge in [0.15, 0.2) is 0 Å². The second-order valence-electron chi connectivity index (χ2n) is 5.96. The zero-order valence-electron chi connectivity index (χ0n) is 12.9. The second-order valence-corrected chi connectivity index (χ2v) is 7.70. The Morgan fingerprint density at radius 3 is 2.65 bits per heavy atom. The van der Waals surface area contributed by atoms with Crippen LogP contribution in [0.2, 0.25) is 0 Å². The monoisotopic (exact) mass is 343 g/mol. The fraction of sp³-hybridized carbons (Fsp3) is 0.600. The molecule has 0 amide bonds. The van der Waals surface area contributed by atoms with Crippen LogP contribution in [-0.4, -0.2) is 46.3 Å². The van der Waals surface area contributed by atoms with Crippen LogP contribution in [0.3, 0.4) is 0 Å². The van der Waals surface area contributed by atoms with Gasteiger partial charge in [-0.15, -0.1) is 0 Å². The SMILES string of the molecule is O=S(=O)(NCC1CC1)c1ccc(NN2CCOCC2)cc1CF. The van der Waals surface area contributed by atoms with Gasteiger partial charge in [-0.3, -0.25) is 0 Å². The molecule has 2 N–H and O–H groups in total. The summed E-state index contributed by atoms with van der Waals surface area (Å²) in [5.74, 6) is 0.431. The van der Waals surface area contributed by atoms with E-state index in [1.807, 2.05) is 5.01 Å². The van der Waals surface area contributed by atoms with Gasteiger partial charge in [0.05, 0.1) is 18.1 Å². The van der Waals surface area contributed by atoms with Crippen LogP contribution in [0.15, 0.2) is 23.1 Å². The Labute approximate surface area is 136 Å². The van der Waals surface area contributed by atoms with Crippen molar-refractivity contribution in [2.75, 3.05) is 38.3 Å². The molecule has 23 heavy (non-hydrogen) atoms. The van der Waals surface area contributed by atoms with Gasteiger partial charge in [0, 0.05) is 30.9 Å². The largest absolute Gasteiger partial charge is 0.379 e. The van der Waals surface area contributed by atoms with Gasteiger partial charge in [0.1, 0.15) is 6.67 Å². The molecule has 1 saturated carbocycles. The van der Waals surface area contributed by atoms with Crippen LogP contribution in [0, 0.1) is 5.92 Å². The molecule has 0 spiro atoms. The molecular weight excluding hydrogens is 321 g/mol. The molecule has 2 aliphatic rings. The summed E-state index contributed by atoms with van der Waals surface area (Å²) in [7, 11) is -3.66. The molecule has 1 aliphatic heterocycles. The molecule has 2 fully saturated rings. The van der Waals surface area contributed by atoms with Crippen LogP contribution >= 0.6 is 0 Å². The fourth-order valence-electron chi connectivity index (χ4n) is 2.50. The molecule has 0 bridgehead atoms. The number of hydrazine groups is 1. The number of ether oxygens (including phenoxy) is 1. The lowest BCUT2D eigenvalue weighted by Gasteiger charge is -2.28. The number of halogens is 1. The molecule has 1 aliphatic carbocycles. The maximum atomic E-state index is 13.3. The van der Waals surface area contributed by atoms with E-state index in [1.165, 1.54) is 6.07 Å². The number of alkyl halides is 1. The number of hydrogen-bond acceptors (Lipinski definition) is 5. The molecule has 0 atom stereocenters. The topological polar surface area (TPSA) is 70.7 Å². The molecular formula is C15H22FN3O3S. The van der Waals surface area contributed by atoms with Crippen molar-refractivity contribution in [3.05, 3.63) is 23.8 Å². The number of morpholine rings is 1. The Morgan fingerprint density at radius 2 is 2.00 bits per heavy atom. The highest BCUT2D eigenvalue weighted by Crippen LogP contribution is 2.29. The van der Waals surface area contributed by atoms with Crippen LogP contribution in [0.4, 0.5) is 10.1 Å². The van der Waals surface area contributed by atoms with Gasteiger partial charge in [-0.05, 0) is 37.0 Å². The average molecular weight is 343 g/mol. The van der Waals surface area contributed by atoms with Gasteiger partial charge in [-0.1, -0.05) is 0 Å². The van der Waals surface area contributed by atoms with Crippen LogP contribution in [0.5, 0.6) is 0 Å². The maximum absolute atomic E-state index is 13.3. The molecule has 3 rings (SSSR count). The number of hydrogen-bond donors (Lipinski definition) is 2. The number of nitrogens with one attached hydrogen (secondary N) is 2. The first-order chi connectivity index (χ1) is 11.1. The van der Waals surface area contributed by atoms with Gasteiger partial charge in [0.25, 0.3) is 0 Å². The summed E-state index contributed by atoms with van der Waals surface area (Å²) >= 11 is 0. The minimum Gasteiger partial charge on any atom is -0.379 e. The van der Waals surface area contributed by atoms with Gasteiger partial charge in [0.2, 0.25) is 10.0 Å². The summed E-state index contributed by atoms with van der Waals surface area (Å²) in [6.45, 7) is 2.35. The lowest BCUT2D eigenvalue weighted by Crippen LogP contribution is -2.40. The van der Waals surface area contributed by atoms with Gasteiger partial charge in [-0.2, -0.15) is 0 Å². The summed E-state index contributed by atoms with van der Waals surface area (Å²) in [5, 5.41) is 1.97. The average Bonchev–Trinajstić information content (AvgIpc) is 3.38. The molecule has 1 aromatic rings. The van der Waals surface area contributed by atoms with Crippen molar-refractivity contribution < 1.29 is 17.5 Å². The van der Waals surface area contributed by atoms with E-state index in [2.05, 4.69) is 10.1 Å². The molecule has 6 nitrogen and oxygen atoms in total. The van der Waals surface area contributed by atoms with E-state index in [0.29, 0.717) is 31.4 Å². The number of nitrogens with zero attached hydrogens (tertiary/aromatic N) is 1. The summed E-state index contributed by atoms with van der Waals surface area (Å²) in [6, 6.07) is 4.69. The van der Waals surface area contributed by atoms with Crippen LogP contribution in [-0.2, 0) is 21.4 Å². The van der Waals surface area contributed by atoms with Crippen LogP contribution in [0.1, 0.15) is 18.4 Å². The number of rotatable bonds is 7. The highest BCUT2D eigenvalue weighted by molar-refractivity contribution is 7.89. The fourth-order valence-corrected chi connectivity index (χ4v) is 3.82. The van der Waals surface area contributed by atoms with Gasteiger partial charge < -0.3 is 10.2 Å². The highest BCUT2D eigenvalue weighted by atomic mass is 32.2. The molecule has 1 saturated heterocycles. The van der Waals surface area contributed by atoms with Crippen molar-refractivity contribution in [2.45, 2.75) is 24.4 Å². The lowest BCUT2D eigenvalue weighted by atomic mass is 10.2. The first-order valence-electron chi connectivity index (χ1n) is 7.86. The van der Waals surface area contributed by atoms with E-state index in [0.717, 1.165) is 25.9 Å². The molecule has 0 radical (unpaired) electrons. The Hall–Kier alpha value is -1.22. The van der Waals surface area contributed by atoms with E-state index < -0.39 is 16.7 Å². The molecule has 8 heteroatoms. The first-order valence-corrected chi connectivity index (χ1v) is 9.35. The van der Waals surface area contributed by atoms with Gasteiger partial charge >= 0.3 is 0 Å². The minimum absolute atomic E-state index is 0.0215. The lowest BCUT2D eigenvalue weighted by molar-refractivity contribution is 0.0497. The summed E-state index contributed by atoms with van der Waals surface area (Å²) < 4.78 is 45.8. The first kappa shape index (κ1) is 16.6. The van der Waals surface area contributed by atoms with Crippen molar-refractivity contribution >= 4 is 15.7 Å². The summed E-state index contributed by atoms with van der Waals surface area (Å²) in [4.78, 5) is 0.0215. The number of benzene rings is 1. The number of anilines is 1. The Bertz CT molecular complexity index is 643. The van der Waals surface area contributed by atoms with E-state index in [1.54, 1.807) is 12.1 Å². The van der Waals surface area contributed by atoms with Crippen molar-refractivity contribution in [2.24, 2.45) is 5.92 Å². The molecule has 0 aromatic heterocycles.